The van der Waals surface area contributed by atoms with E-state index in [-0.39, 0.29) is 23.9 Å². The quantitative estimate of drug-likeness (QED) is 0.427. The third kappa shape index (κ3) is 5.59. The van der Waals surface area contributed by atoms with Gasteiger partial charge in [0, 0.05) is 49.4 Å². The fourth-order valence-electron chi connectivity index (χ4n) is 5.00. The Balaban J connectivity index is 1.85. The topological polar surface area (TPSA) is 105 Å². The standard InChI is InChI=1S/C23H26F6N4O5S/c1-22(2,3)33(21(34)35)17-7-18(31-8-11-9-32(39(4,36)37)30-16(11)10-31)20(23(27,28)29)38-19(17)12-5-14(25)15(26)6-13(12)24/h5-6,9,17-20H,7-8,10H2,1-4H3,(H,34,35)/t17-,18+,19+,20-/m0/s1/i18D. The first-order valence-electron chi connectivity index (χ1n) is 12.1. The Labute approximate surface area is 221 Å². The van der Waals surface area contributed by atoms with Gasteiger partial charge in [-0.05, 0) is 33.3 Å². The van der Waals surface area contributed by atoms with Crippen LogP contribution in [0.15, 0.2) is 18.3 Å². The van der Waals surface area contributed by atoms with Crippen molar-refractivity contribution in [2.75, 3.05) is 6.26 Å². The van der Waals surface area contributed by atoms with Crippen LogP contribution in [0, 0.1) is 17.5 Å². The number of halogens is 6. The zero-order valence-corrected chi connectivity index (χ0v) is 21.9. The maximum Gasteiger partial charge on any atom is 0.416 e. The summed E-state index contributed by atoms with van der Waals surface area (Å²) in [5.74, 6) is -4.65. The van der Waals surface area contributed by atoms with Crippen molar-refractivity contribution in [3.05, 3.63) is 52.6 Å². The first-order valence-corrected chi connectivity index (χ1v) is 13.4. The Morgan fingerprint density at radius 2 is 1.77 bits per heavy atom. The molecular weight excluding hydrogens is 558 g/mol. The van der Waals surface area contributed by atoms with E-state index >= 15 is 0 Å². The second-order valence-corrected chi connectivity index (χ2v) is 12.3. The van der Waals surface area contributed by atoms with Crippen LogP contribution in [-0.2, 0) is 27.8 Å². The van der Waals surface area contributed by atoms with E-state index < -0.39 is 88.1 Å². The van der Waals surface area contributed by atoms with E-state index in [9.17, 15) is 44.7 Å². The maximum absolute atomic E-state index is 14.9. The van der Waals surface area contributed by atoms with Gasteiger partial charge in [0.25, 0.3) is 10.0 Å². The molecule has 0 radical (unpaired) electrons. The molecule has 216 valence electrons. The molecule has 4 atom stereocenters. The minimum absolute atomic E-state index is 0.0919. The molecule has 1 N–H and O–H groups in total. The monoisotopic (exact) mass is 585 g/mol. The molecule has 9 nitrogen and oxygen atoms in total. The number of hydrogen-bond donors (Lipinski definition) is 1. The van der Waals surface area contributed by atoms with Crippen LogP contribution in [0.2, 0.25) is 0 Å². The number of hydrogen-bond acceptors (Lipinski definition) is 6. The van der Waals surface area contributed by atoms with Gasteiger partial charge >= 0.3 is 12.3 Å². The second kappa shape index (κ2) is 9.66. The van der Waals surface area contributed by atoms with E-state index in [1.165, 1.54) is 20.8 Å². The first kappa shape index (κ1) is 27.7. The van der Waals surface area contributed by atoms with Gasteiger partial charge in [0.1, 0.15) is 11.9 Å². The highest BCUT2D eigenvalue weighted by Gasteiger charge is 2.57. The molecule has 1 aromatic carbocycles. The number of ether oxygens (including phenoxy) is 1. The van der Waals surface area contributed by atoms with E-state index in [0.717, 1.165) is 17.4 Å². The number of alkyl halides is 3. The van der Waals surface area contributed by atoms with Gasteiger partial charge in [-0.15, -0.1) is 0 Å². The minimum Gasteiger partial charge on any atom is -0.465 e. The molecule has 0 aliphatic carbocycles. The minimum atomic E-state index is -5.25. The van der Waals surface area contributed by atoms with Crippen molar-refractivity contribution in [1.82, 2.24) is 19.0 Å². The fourth-order valence-corrected chi connectivity index (χ4v) is 5.56. The normalized spacial score (nSPS) is 26.8. The molecule has 1 amide bonds. The van der Waals surface area contributed by atoms with Crippen LogP contribution in [-0.4, -0.2) is 74.7 Å². The Morgan fingerprint density at radius 1 is 1.15 bits per heavy atom. The van der Waals surface area contributed by atoms with Crippen LogP contribution in [0.4, 0.5) is 31.1 Å². The Hall–Kier alpha value is -2.85. The summed E-state index contributed by atoms with van der Waals surface area (Å²) >= 11 is 0. The number of carboxylic acid groups (broad SMARTS) is 1. The summed E-state index contributed by atoms with van der Waals surface area (Å²) in [6.07, 6.45) is -10.8. The van der Waals surface area contributed by atoms with Crippen LogP contribution < -0.4 is 0 Å². The molecule has 0 bridgehead atoms. The predicted molar refractivity (Wildman–Crippen MR) is 124 cm³/mol. The zero-order valence-electron chi connectivity index (χ0n) is 22.1. The van der Waals surface area contributed by atoms with Gasteiger partial charge in [-0.25, -0.2) is 26.4 Å². The van der Waals surface area contributed by atoms with E-state index in [1.807, 2.05) is 0 Å². The number of nitrogens with zero attached hydrogens (tertiary/aromatic N) is 4. The van der Waals surface area contributed by atoms with Crippen molar-refractivity contribution >= 4 is 16.1 Å². The molecule has 39 heavy (non-hydrogen) atoms. The molecule has 2 aliphatic heterocycles. The van der Waals surface area contributed by atoms with Crippen molar-refractivity contribution in [3.8, 4) is 0 Å². The lowest BCUT2D eigenvalue weighted by Gasteiger charge is -2.51. The molecule has 4 rings (SSSR count). The summed E-state index contributed by atoms with van der Waals surface area (Å²) in [6, 6.07) is -3.96. The van der Waals surface area contributed by atoms with E-state index in [4.69, 9.17) is 6.11 Å². The van der Waals surface area contributed by atoms with E-state index in [1.54, 1.807) is 0 Å². The van der Waals surface area contributed by atoms with Gasteiger partial charge in [0.2, 0.25) is 0 Å². The van der Waals surface area contributed by atoms with Crippen LogP contribution in [0.3, 0.4) is 0 Å². The summed E-state index contributed by atoms with van der Waals surface area (Å²) in [4.78, 5) is 14.1. The second-order valence-electron chi connectivity index (χ2n) is 10.4. The molecule has 16 heteroatoms. The van der Waals surface area contributed by atoms with Crippen molar-refractivity contribution in [3.63, 3.8) is 0 Å². The molecule has 2 aliphatic rings. The molecule has 1 fully saturated rings. The van der Waals surface area contributed by atoms with Crippen LogP contribution in [0.5, 0.6) is 0 Å². The Bertz CT molecular complexity index is 1420. The average molecular weight is 586 g/mol. The third-order valence-corrected chi connectivity index (χ3v) is 7.43. The summed E-state index contributed by atoms with van der Waals surface area (Å²) in [6.45, 7) is 3.49. The third-order valence-electron chi connectivity index (χ3n) is 6.56. The molecule has 0 spiro atoms. The van der Waals surface area contributed by atoms with Crippen molar-refractivity contribution in [2.45, 2.75) is 76.3 Å². The number of amides is 1. The molecule has 1 saturated heterocycles. The number of rotatable bonds is 4. The van der Waals surface area contributed by atoms with Crippen LogP contribution in [0.25, 0.3) is 0 Å². The van der Waals surface area contributed by atoms with Gasteiger partial charge in [-0.3, -0.25) is 9.80 Å². The molecule has 0 saturated carbocycles. The molecule has 3 heterocycles. The molecule has 0 unspecified atom stereocenters. The lowest BCUT2D eigenvalue weighted by atomic mass is 9.85. The van der Waals surface area contributed by atoms with Gasteiger partial charge < -0.3 is 9.84 Å². The summed E-state index contributed by atoms with van der Waals surface area (Å²) < 4.78 is 125. The largest absolute Gasteiger partial charge is 0.465 e. The maximum atomic E-state index is 14.9. The van der Waals surface area contributed by atoms with Crippen molar-refractivity contribution in [2.24, 2.45) is 0 Å². The molecule has 1 aromatic heterocycles. The van der Waals surface area contributed by atoms with Crippen LogP contribution >= 0.6 is 0 Å². The highest BCUT2D eigenvalue weighted by Crippen LogP contribution is 2.46. The van der Waals surface area contributed by atoms with E-state index in [0.29, 0.717) is 15.1 Å². The van der Waals surface area contributed by atoms with Gasteiger partial charge in [-0.1, -0.05) is 0 Å². The average Bonchev–Trinajstić information content (AvgIpc) is 3.35. The highest BCUT2D eigenvalue weighted by atomic mass is 32.2. The predicted octanol–water partition coefficient (Wildman–Crippen LogP) is 4.03. The number of carbonyl (C=O) groups is 1. The zero-order chi connectivity index (χ0) is 30.2. The van der Waals surface area contributed by atoms with Crippen molar-refractivity contribution < 1.29 is 50.8 Å². The lowest BCUT2D eigenvalue weighted by molar-refractivity contribution is -0.277. The van der Waals surface area contributed by atoms with Gasteiger partial charge in [-0.2, -0.15) is 22.4 Å². The Morgan fingerprint density at radius 3 is 2.28 bits per heavy atom. The SMILES string of the molecule is [2H][C@@]1(N2Cc3cn(S(C)(=O)=O)nc3C2)C[C@H](N(C(=O)O)C(C)(C)C)[C@@H](c2cc(F)c(F)cc2F)O[C@@H]1C(F)(F)F. The molecule has 2 aromatic rings. The first-order chi connectivity index (χ1) is 18.1. The Kier molecular flexibility index (Phi) is 6.86. The summed E-state index contributed by atoms with van der Waals surface area (Å²) in [7, 11) is -3.80. The fraction of sp³-hybridized carbons (Fsp3) is 0.565. The molecular formula is C23H26F6N4O5S. The summed E-state index contributed by atoms with van der Waals surface area (Å²) in [5, 5.41) is 13.9. The van der Waals surface area contributed by atoms with Crippen molar-refractivity contribution in [1.29, 1.82) is 0 Å². The van der Waals surface area contributed by atoms with Crippen LogP contribution in [0.1, 0.15) is 51.5 Å². The van der Waals surface area contributed by atoms with Gasteiger partial charge in [0.15, 0.2) is 17.7 Å². The highest BCUT2D eigenvalue weighted by molar-refractivity contribution is 7.89. The van der Waals surface area contributed by atoms with E-state index in [2.05, 4.69) is 5.10 Å². The number of aromatic nitrogens is 2. The summed E-state index contributed by atoms with van der Waals surface area (Å²) in [5.41, 5.74) is -1.84. The lowest BCUT2D eigenvalue weighted by Crippen LogP contribution is -2.63. The van der Waals surface area contributed by atoms with Gasteiger partial charge in [0.05, 0.1) is 18.0 Å². The number of benzene rings is 1. The number of fused-ring (bicyclic) bond motifs is 1. The smallest absolute Gasteiger partial charge is 0.416 e.